The van der Waals surface area contributed by atoms with E-state index in [1.807, 2.05) is 0 Å². The Hall–Kier alpha value is -8.46. The van der Waals surface area contributed by atoms with Crippen molar-refractivity contribution in [1.82, 2.24) is 0 Å². The van der Waals surface area contributed by atoms with Crippen LogP contribution < -0.4 is 9.80 Å². The van der Waals surface area contributed by atoms with E-state index in [2.05, 4.69) is 266 Å². The molecule has 0 aliphatic rings. The summed E-state index contributed by atoms with van der Waals surface area (Å²) in [5.41, 5.74) is 12.4. The van der Waals surface area contributed by atoms with Crippen LogP contribution in [0.3, 0.4) is 0 Å². The summed E-state index contributed by atoms with van der Waals surface area (Å²) in [7, 11) is 0. The van der Waals surface area contributed by atoms with Gasteiger partial charge in [-0.05, 0) is 162 Å². The minimum atomic E-state index is 0.987. The van der Waals surface area contributed by atoms with E-state index in [0.717, 1.165) is 48.4 Å². The largest absolute Gasteiger partial charge is 0.310 e. The van der Waals surface area contributed by atoms with Gasteiger partial charge in [0.05, 0.1) is 11.4 Å². The van der Waals surface area contributed by atoms with E-state index in [4.69, 9.17) is 0 Å². The highest BCUT2D eigenvalue weighted by atomic mass is 15.1. The molecule has 0 radical (unpaired) electrons. The molecule has 0 heterocycles. The average Bonchev–Trinajstić information content (AvgIpc) is 3.43. The van der Waals surface area contributed by atoms with Crippen LogP contribution in [0.15, 0.2) is 243 Å². The molecule has 0 unspecified atom stereocenters. The van der Waals surface area contributed by atoms with E-state index in [0.29, 0.717) is 0 Å². The summed E-state index contributed by atoms with van der Waals surface area (Å²) in [5.74, 6) is 0. The molecule has 0 atom stereocenters. The quantitative estimate of drug-likeness (QED) is 0.0890. The Morgan fingerprint density at radius 2 is 0.614 bits per heavy atom. The van der Waals surface area contributed by atoms with Gasteiger partial charge in [0.15, 0.2) is 0 Å². The molecule has 0 amide bonds. The molecule has 2 nitrogen and oxygen atoms in total. The molecule has 12 rings (SSSR count). The highest BCUT2D eigenvalue weighted by Crippen LogP contribution is 2.48. The number of para-hydroxylation sites is 4. The van der Waals surface area contributed by atoms with Crippen molar-refractivity contribution in [3.05, 3.63) is 254 Å². The monoisotopic (exact) mass is 898 g/mol. The Labute approximate surface area is 411 Å². The van der Waals surface area contributed by atoms with Gasteiger partial charge in [0.2, 0.25) is 0 Å². The molecule has 0 spiro atoms. The standard InChI is InChI=1S/C68H54N2/c1-3-21-57(49-35-37-51-45-65(69(53-25-9-5-10-26-53)54-27-11-6-12-28-54)67-59-33-19-17-23-47(59)39-41-61(67)63(51)43-49)58(22-4-2)50-36-38-52-46-66(70(55-29-13-7-14-30-55)56-31-15-8-16-32-56)68-60-34-20-18-24-48(60)40-42-62(68)64(52)44-50/h5-20,23-46H,3-4,21-22H2,1-2H3/b58-57+. The number of fused-ring (bicyclic) bond motifs is 10. The predicted molar refractivity (Wildman–Crippen MR) is 304 cm³/mol. The zero-order chi connectivity index (χ0) is 47.0. The lowest BCUT2D eigenvalue weighted by molar-refractivity contribution is 0.945. The van der Waals surface area contributed by atoms with Crippen LogP contribution in [0.4, 0.5) is 34.1 Å². The fourth-order valence-electron chi connectivity index (χ4n) is 11.1. The number of allylic oxidation sites excluding steroid dienone is 2. The van der Waals surface area contributed by atoms with Crippen LogP contribution in [0, 0.1) is 0 Å². The zero-order valence-corrected chi connectivity index (χ0v) is 39.8. The Bertz CT molecular complexity index is 3560. The van der Waals surface area contributed by atoms with Crippen molar-refractivity contribution in [2.45, 2.75) is 39.5 Å². The zero-order valence-electron chi connectivity index (χ0n) is 39.8. The van der Waals surface area contributed by atoms with Crippen molar-refractivity contribution in [1.29, 1.82) is 0 Å². The molecule has 336 valence electrons. The third-order valence-electron chi connectivity index (χ3n) is 14.2. The second-order valence-electron chi connectivity index (χ2n) is 18.6. The maximum absolute atomic E-state index is 2.50. The van der Waals surface area contributed by atoms with E-state index in [1.165, 1.54) is 98.3 Å². The molecule has 12 aromatic carbocycles. The maximum Gasteiger partial charge on any atom is 0.0552 e. The first kappa shape index (κ1) is 42.9. The third-order valence-corrected chi connectivity index (χ3v) is 14.2. The van der Waals surface area contributed by atoms with Gasteiger partial charge < -0.3 is 9.80 Å². The number of benzene rings is 12. The van der Waals surface area contributed by atoms with Crippen molar-refractivity contribution >= 4 is 110 Å². The van der Waals surface area contributed by atoms with Crippen LogP contribution in [-0.2, 0) is 0 Å². The Balaban J connectivity index is 1.08. The second kappa shape index (κ2) is 18.6. The molecule has 0 aliphatic heterocycles. The lowest BCUT2D eigenvalue weighted by Crippen LogP contribution is -2.10. The molecule has 0 bridgehead atoms. The number of rotatable bonds is 12. The summed E-state index contributed by atoms with van der Waals surface area (Å²) < 4.78 is 0. The third kappa shape index (κ3) is 7.63. The van der Waals surface area contributed by atoms with Crippen LogP contribution in [0.5, 0.6) is 0 Å². The molecular weight excluding hydrogens is 845 g/mol. The second-order valence-corrected chi connectivity index (χ2v) is 18.6. The molecule has 0 fully saturated rings. The molecule has 70 heavy (non-hydrogen) atoms. The molecule has 0 aromatic heterocycles. The summed E-state index contributed by atoms with van der Waals surface area (Å²) >= 11 is 0. The van der Waals surface area contributed by atoms with Crippen LogP contribution in [0.2, 0.25) is 0 Å². The summed E-state index contributed by atoms with van der Waals surface area (Å²) in [5, 5.41) is 15.0. The van der Waals surface area contributed by atoms with Crippen LogP contribution in [-0.4, -0.2) is 0 Å². The van der Waals surface area contributed by atoms with E-state index >= 15 is 0 Å². The van der Waals surface area contributed by atoms with Crippen molar-refractivity contribution in [3.63, 3.8) is 0 Å². The summed E-state index contributed by atoms with van der Waals surface area (Å²) in [6.45, 7) is 4.65. The van der Waals surface area contributed by atoms with Crippen molar-refractivity contribution in [2.24, 2.45) is 0 Å². The normalized spacial score (nSPS) is 12.0. The van der Waals surface area contributed by atoms with Crippen LogP contribution in [0.25, 0.3) is 75.8 Å². The Morgan fingerprint density at radius 1 is 0.286 bits per heavy atom. The molecule has 2 heteroatoms. The topological polar surface area (TPSA) is 6.48 Å². The first-order valence-electron chi connectivity index (χ1n) is 25.0. The van der Waals surface area contributed by atoms with E-state index in [1.54, 1.807) is 0 Å². The first-order chi connectivity index (χ1) is 34.7. The van der Waals surface area contributed by atoms with E-state index in [-0.39, 0.29) is 0 Å². The number of nitrogens with zero attached hydrogens (tertiary/aromatic N) is 2. The molecule has 0 saturated heterocycles. The van der Waals surface area contributed by atoms with Crippen LogP contribution in [0.1, 0.15) is 50.7 Å². The van der Waals surface area contributed by atoms with Gasteiger partial charge in [-0.15, -0.1) is 0 Å². The van der Waals surface area contributed by atoms with Gasteiger partial charge in [0, 0.05) is 33.5 Å². The van der Waals surface area contributed by atoms with Crippen molar-refractivity contribution in [2.75, 3.05) is 9.80 Å². The molecular formula is C68H54N2. The summed E-state index contributed by atoms with van der Waals surface area (Å²) in [6.07, 6.45) is 4.07. The summed E-state index contributed by atoms with van der Waals surface area (Å²) in [6, 6.07) is 89.7. The van der Waals surface area contributed by atoms with Crippen molar-refractivity contribution < 1.29 is 0 Å². The van der Waals surface area contributed by atoms with Gasteiger partial charge in [0.1, 0.15) is 0 Å². The summed E-state index contributed by atoms with van der Waals surface area (Å²) in [4.78, 5) is 4.86. The first-order valence-corrected chi connectivity index (χ1v) is 25.0. The van der Waals surface area contributed by atoms with Gasteiger partial charge >= 0.3 is 0 Å². The number of hydrogen-bond donors (Lipinski definition) is 0. The lowest BCUT2D eigenvalue weighted by atomic mass is 9.86. The fraction of sp³-hybridized carbons (Fsp3) is 0.0882. The van der Waals surface area contributed by atoms with Gasteiger partial charge in [-0.3, -0.25) is 0 Å². The van der Waals surface area contributed by atoms with Crippen LogP contribution >= 0.6 is 0 Å². The molecule has 0 saturated carbocycles. The van der Waals surface area contributed by atoms with E-state index in [9.17, 15) is 0 Å². The van der Waals surface area contributed by atoms with Gasteiger partial charge in [-0.25, -0.2) is 0 Å². The highest BCUT2D eigenvalue weighted by molar-refractivity contribution is 6.25. The Morgan fingerprint density at radius 3 is 0.971 bits per heavy atom. The smallest absolute Gasteiger partial charge is 0.0552 e. The minimum absolute atomic E-state index is 0.987. The van der Waals surface area contributed by atoms with E-state index < -0.39 is 0 Å². The molecule has 0 aliphatic carbocycles. The van der Waals surface area contributed by atoms with Gasteiger partial charge in [-0.2, -0.15) is 0 Å². The number of anilines is 6. The number of hydrogen-bond acceptors (Lipinski definition) is 2. The van der Waals surface area contributed by atoms with Gasteiger partial charge in [0.25, 0.3) is 0 Å². The van der Waals surface area contributed by atoms with Gasteiger partial charge in [-0.1, -0.05) is 197 Å². The Kier molecular flexibility index (Phi) is 11.4. The van der Waals surface area contributed by atoms with Crippen molar-refractivity contribution in [3.8, 4) is 0 Å². The molecule has 0 N–H and O–H groups in total. The average molecular weight is 899 g/mol. The minimum Gasteiger partial charge on any atom is -0.310 e. The maximum atomic E-state index is 2.50. The highest BCUT2D eigenvalue weighted by Gasteiger charge is 2.22. The SMILES string of the molecule is CCC/C(=C(/CCC)c1ccc2cc(N(c3ccccc3)c3ccccc3)c3c4ccccc4ccc3c2c1)c1ccc2cc(N(c3ccccc3)c3ccccc3)c3c4ccccc4ccc3c2c1. The predicted octanol–water partition coefficient (Wildman–Crippen LogP) is 20.1. The molecule has 12 aromatic rings. The fourth-order valence-corrected chi connectivity index (χ4v) is 11.1. The lowest BCUT2D eigenvalue weighted by Gasteiger charge is -2.28.